The number of anilines is 1. The molecule has 1 aromatic heterocycles. The lowest BCUT2D eigenvalue weighted by atomic mass is 9.91. The van der Waals surface area contributed by atoms with Crippen molar-refractivity contribution in [3.05, 3.63) is 55.9 Å². The van der Waals surface area contributed by atoms with Crippen molar-refractivity contribution in [3.8, 4) is 0 Å². The summed E-state index contributed by atoms with van der Waals surface area (Å²) in [6.07, 6.45) is 3.41. The van der Waals surface area contributed by atoms with Crippen LogP contribution in [0.4, 0.5) is 15.5 Å². The summed E-state index contributed by atoms with van der Waals surface area (Å²) < 4.78 is 0. The van der Waals surface area contributed by atoms with E-state index in [1.54, 1.807) is 0 Å². The molecular formula is C21H21N5O6S. The zero-order valence-corrected chi connectivity index (χ0v) is 18.5. The fraction of sp³-hybridized carbons (Fsp3) is 0.333. The molecule has 0 saturated carbocycles. The van der Waals surface area contributed by atoms with E-state index < -0.39 is 40.8 Å². The Kier molecular flexibility index (Phi) is 5.62. The molecule has 1 aromatic carbocycles. The summed E-state index contributed by atoms with van der Waals surface area (Å²) in [4.78, 5) is 62.5. The van der Waals surface area contributed by atoms with Gasteiger partial charge in [-0.15, -0.1) is 11.3 Å². The van der Waals surface area contributed by atoms with E-state index in [9.17, 15) is 29.3 Å². The van der Waals surface area contributed by atoms with Gasteiger partial charge in [-0.2, -0.15) is 0 Å². The summed E-state index contributed by atoms with van der Waals surface area (Å²) in [5.41, 5.74) is 5.10. The quantitative estimate of drug-likeness (QED) is 0.331. The predicted molar refractivity (Wildman–Crippen MR) is 119 cm³/mol. The summed E-state index contributed by atoms with van der Waals surface area (Å²) in [5.74, 6) is -2.02. The lowest BCUT2D eigenvalue weighted by Gasteiger charge is -2.22. The van der Waals surface area contributed by atoms with Crippen molar-refractivity contribution >= 4 is 45.8 Å². The lowest BCUT2D eigenvalue weighted by molar-refractivity contribution is -0.385. The number of fused-ring (bicyclic) bond motifs is 1. The van der Waals surface area contributed by atoms with Crippen LogP contribution in [0.2, 0.25) is 0 Å². The number of nitro groups is 1. The molecule has 1 saturated heterocycles. The number of nitrogens with one attached hydrogen (secondary N) is 2. The van der Waals surface area contributed by atoms with Gasteiger partial charge >= 0.3 is 6.03 Å². The number of thiophene rings is 1. The molecule has 1 aliphatic carbocycles. The minimum Gasteiger partial charge on any atom is -0.365 e. The number of nitrogens with zero attached hydrogens (tertiary/aromatic N) is 2. The van der Waals surface area contributed by atoms with Gasteiger partial charge in [0.1, 0.15) is 17.1 Å². The molecule has 4 N–H and O–H groups in total. The number of carbonyl (C=O) groups is 4. The molecule has 0 spiro atoms. The van der Waals surface area contributed by atoms with Gasteiger partial charge < -0.3 is 16.4 Å². The smallest absolute Gasteiger partial charge is 0.325 e. The number of imide groups is 1. The third kappa shape index (κ3) is 3.93. The van der Waals surface area contributed by atoms with Crippen LogP contribution in [0.15, 0.2) is 24.3 Å². The zero-order chi connectivity index (χ0) is 23.9. The minimum atomic E-state index is -1.57. The lowest BCUT2D eigenvalue weighted by Crippen LogP contribution is -2.42. The maximum Gasteiger partial charge on any atom is 0.325 e. The molecule has 2 aromatic rings. The van der Waals surface area contributed by atoms with Gasteiger partial charge in [0.05, 0.1) is 10.5 Å². The first-order chi connectivity index (χ1) is 15.6. The van der Waals surface area contributed by atoms with Gasteiger partial charge in [0.2, 0.25) is 5.91 Å². The van der Waals surface area contributed by atoms with Gasteiger partial charge in [0.15, 0.2) is 0 Å². The Labute approximate surface area is 192 Å². The van der Waals surface area contributed by atoms with Crippen molar-refractivity contribution in [1.82, 2.24) is 10.2 Å². The Balaban J connectivity index is 1.54. The third-order valence-corrected chi connectivity index (χ3v) is 7.09. The number of nitro benzene ring substituents is 1. The van der Waals surface area contributed by atoms with E-state index in [-0.39, 0.29) is 16.8 Å². The van der Waals surface area contributed by atoms with E-state index in [4.69, 9.17) is 5.73 Å². The van der Waals surface area contributed by atoms with E-state index >= 15 is 0 Å². The Morgan fingerprint density at radius 2 is 2.03 bits per heavy atom. The Morgan fingerprint density at radius 1 is 1.30 bits per heavy atom. The molecule has 1 fully saturated rings. The predicted octanol–water partition coefficient (Wildman–Crippen LogP) is 2.04. The molecule has 172 valence electrons. The maximum atomic E-state index is 13.1. The number of non-ortho nitro benzene ring substituents is 1. The summed E-state index contributed by atoms with van der Waals surface area (Å²) >= 11 is 1.28. The fourth-order valence-corrected chi connectivity index (χ4v) is 5.50. The number of aryl methyl sites for hydroxylation is 1. The van der Waals surface area contributed by atoms with Crippen molar-refractivity contribution in [3.63, 3.8) is 0 Å². The van der Waals surface area contributed by atoms with Crippen LogP contribution in [0.1, 0.15) is 46.1 Å². The minimum absolute atomic E-state index is 0.222. The van der Waals surface area contributed by atoms with Crippen molar-refractivity contribution in [1.29, 1.82) is 0 Å². The molecule has 11 nitrogen and oxygen atoms in total. The summed E-state index contributed by atoms with van der Waals surface area (Å²) in [6.45, 7) is 0.832. The van der Waals surface area contributed by atoms with Crippen LogP contribution in [0.3, 0.4) is 0 Å². The largest absolute Gasteiger partial charge is 0.365 e. The Hall–Kier alpha value is -3.80. The number of benzene rings is 1. The number of amides is 5. The van der Waals surface area contributed by atoms with E-state index in [2.05, 4.69) is 10.6 Å². The van der Waals surface area contributed by atoms with Crippen molar-refractivity contribution in [2.75, 3.05) is 11.9 Å². The number of hydrogen-bond donors (Lipinski definition) is 3. The maximum absolute atomic E-state index is 13.1. The summed E-state index contributed by atoms with van der Waals surface area (Å²) in [6, 6.07) is 4.58. The first kappa shape index (κ1) is 22.4. The number of rotatable bonds is 6. The van der Waals surface area contributed by atoms with Gasteiger partial charge in [-0.05, 0) is 43.7 Å². The van der Waals surface area contributed by atoms with Gasteiger partial charge in [-0.1, -0.05) is 12.1 Å². The standard InChI is InChI=1S/C21H21N5O6S/c1-21(11-5-4-6-12(9-11)26(31)32)19(29)25(20(30)24-21)10-15(27)23-18-16(17(22)28)13-7-2-3-8-14(13)33-18/h4-6,9H,2-3,7-8,10H2,1H3,(H2,22,28)(H,23,27)(H,24,30)/t21-/m0/s1. The summed E-state index contributed by atoms with van der Waals surface area (Å²) in [7, 11) is 0. The average molecular weight is 471 g/mol. The van der Waals surface area contributed by atoms with Gasteiger partial charge in [0.25, 0.3) is 17.5 Å². The molecule has 4 rings (SSSR count). The number of carbonyl (C=O) groups excluding carboxylic acids is 4. The van der Waals surface area contributed by atoms with Gasteiger partial charge in [0, 0.05) is 17.0 Å². The highest BCUT2D eigenvalue weighted by Gasteiger charge is 2.50. The molecule has 0 unspecified atom stereocenters. The van der Waals surface area contributed by atoms with E-state index in [1.165, 1.54) is 42.5 Å². The number of urea groups is 1. The second-order valence-electron chi connectivity index (χ2n) is 8.08. The van der Waals surface area contributed by atoms with Crippen LogP contribution in [0.5, 0.6) is 0 Å². The van der Waals surface area contributed by atoms with Crippen LogP contribution < -0.4 is 16.4 Å². The van der Waals surface area contributed by atoms with Crippen LogP contribution in [0.25, 0.3) is 0 Å². The first-order valence-electron chi connectivity index (χ1n) is 10.2. The Bertz CT molecular complexity index is 1210. The van der Waals surface area contributed by atoms with E-state index in [0.717, 1.165) is 34.6 Å². The molecular weight excluding hydrogens is 450 g/mol. The molecule has 33 heavy (non-hydrogen) atoms. The normalized spacial score (nSPS) is 19.7. The van der Waals surface area contributed by atoms with Gasteiger partial charge in [-0.25, -0.2) is 4.79 Å². The molecule has 1 aliphatic heterocycles. The molecule has 0 bridgehead atoms. The van der Waals surface area contributed by atoms with Crippen LogP contribution in [-0.4, -0.2) is 40.1 Å². The molecule has 2 heterocycles. The topological polar surface area (TPSA) is 165 Å². The van der Waals surface area contributed by atoms with Crippen LogP contribution in [0, 0.1) is 10.1 Å². The average Bonchev–Trinajstić information content (AvgIpc) is 3.24. The van der Waals surface area contributed by atoms with Gasteiger partial charge in [-0.3, -0.25) is 29.4 Å². The number of nitrogens with two attached hydrogens (primary N) is 1. The van der Waals surface area contributed by atoms with Crippen molar-refractivity contribution in [2.24, 2.45) is 5.73 Å². The number of hydrogen-bond acceptors (Lipinski definition) is 7. The van der Waals surface area contributed by atoms with E-state index in [0.29, 0.717) is 11.4 Å². The van der Waals surface area contributed by atoms with Crippen LogP contribution in [-0.2, 0) is 28.0 Å². The monoisotopic (exact) mass is 471 g/mol. The SMILES string of the molecule is C[C@@]1(c2cccc([N+](=O)[O-])c2)NC(=O)N(CC(=O)Nc2sc3c(c2C(N)=O)CCCC3)C1=O. The zero-order valence-electron chi connectivity index (χ0n) is 17.7. The highest BCUT2D eigenvalue weighted by molar-refractivity contribution is 7.17. The number of primary amides is 1. The second-order valence-corrected chi connectivity index (χ2v) is 9.19. The van der Waals surface area contributed by atoms with Crippen LogP contribution >= 0.6 is 11.3 Å². The molecule has 1 atom stereocenters. The molecule has 0 radical (unpaired) electrons. The highest BCUT2D eigenvalue weighted by atomic mass is 32.1. The Morgan fingerprint density at radius 3 is 2.73 bits per heavy atom. The van der Waals surface area contributed by atoms with Crippen molar-refractivity contribution < 1.29 is 24.1 Å². The first-order valence-corrected chi connectivity index (χ1v) is 11.1. The second kappa shape index (κ2) is 8.28. The third-order valence-electron chi connectivity index (χ3n) is 5.88. The fourth-order valence-electron chi connectivity index (χ4n) is 4.19. The highest BCUT2D eigenvalue weighted by Crippen LogP contribution is 2.38. The molecule has 12 heteroatoms. The van der Waals surface area contributed by atoms with Crippen molar-refractivity contribution in [2.45, 2.75) is 38.1 Å². The molecule has 5 amide bonds. The summed E-state index contributed by atoms with van der Waals surface area (Å²) in [5, 5.41) is 16.5. The van der Waals surface area contributed by atoms with E-state index in [1.807, 2.05) is 0 Å². The molecule has 2 aliphatic rings.